The minimum atomic E-state index is -0.208. The van der Waals surface area contributed by atoms with Crippen LogP contribution in [0, 0.1) is 0 Å². The molecule has 0 bridgehead atoms. The Morgan fingerprint density at radius 1 is 1.11 bits per heavy atom. The van der Waals surface area contributed by atoms with Gasteiger partial charge in [0, 0.05) is 18.3 Å². The van der Waals surface area contributed by atoms with E-state index in [9.17, 15) is 5.11 Å². The maximum atomic E-state index is 10.4. The molecule has 3 atom stereocenters. The third-order valence-corrected chi connectivity index (χ3v) is 4.56. The van der Waals surface area contributed by atoms with Crippen molar-refractivity contribution in [3.63, 3.8) is 0 Å². The van der Waals surface area contributed by atoms with Crippen LogP contribution in [0.4, 0.5) is 5.69 Å². The number of anilines is 1. The average molecular weight is 260 g/mol. The number of nitrogens with two attached hydrogens (primary N) is 1. The molecular formula is C16H24N2O. The molecule has 0 radical (unpaired) electrons. The second-order valence-electron chi connectivity index (χ2n) is 6.02. The van der Waals surface area contributed by atoms with Crippen LogP contribution >= 0.6 is 0 Å². The number of nitrogens with zero attached hydrogens (tertiary/aromatic N) is 1. The van der Waals surface area contributed by atoms with Crippen molar-refractivity contribution in [2.24, 2.45) is 5.73 Å². The molecule has 1 aromatic carbocycles. The summed E-state index contributed by atoms with van der Waals surface area (Å²) in [6.07, 6.45) is 6.38. The van der Waals surface area contributed by atoms with Gasteiger partial charge in [0.05, 0.1) is 12.1 Å². The first-order valence-electron chi connectivity index (χ1n) is 7.54. The summed E-state index contributed by atoms with van der Waals surface area (Å²) >= 11 is 0. The van der Waals surface area contributed by atoms with Gasteiger partial charge >= 0.3 is 0 Å². The summed E-state index contributed by atoms with van der Waals surface area (Å²) in [6.45, 7) is 0.874. The fourth-order valence-corrected chi connectivity index (χ4v) is 3.61. The Morgan fingerprint density at radius 2 is 1.89 bits per heavy atom. The Balaban J connectivity index is 1.91. The van der Waals surface area contributed by atoms with Gasteiger partial charge in [-0.2, -0.15) is 0 Å². The molecule has 1 saturated carbocycles. The van der Waals surface area contributed by atoms with Crippen molar-refractivity contribution in [1.29, 1.82) is 0 Å². The van der Waals surface area contributed by atoms with Gasteiger partial charge in [-0.25, -0.2) is 0 Å². The molecule has 0 spiro atoms. The van der Waals surface area contributed by atoms with Crippen LogP contribution in [0.25, 0.3) is 0 Å². The van der Waals surface area contributed by atoms with Gasteiger partial charge < -0.3 is 15.7 Å². The quantitative estimate of drug-likeness (QED) is 0.760. The van der Waals surface area contributed by atoms with Crippen LogP contribution < -0.4 is 10.6 Å². The number of rotatable bonds is 1. The van der Waals surface area contributed by atoms with Crippen molar-refractivity contribution in [3.8, 4) is 0 Å². The Morgan fingerprint density at radius 3 is 2.79 bits per heavy atom. The van der Waals surface area contributed by atoms with Crippen LogP contribution in [-0.4, -0.2) is 29.8 Å². The highest BCUT2D eigenvalue weighted by molar-refractivity contribution is 5.57. The minimum Gasteiger partial charge on any atom is -0.391 e. The highest BCUT2D eigenvalue weighted by atomic mass is 16.3. The first-order valence-corrected chi connectivity index (χ1v) is 7.54. The smallest absolute Gasteiger partial charge is 0.0743 e. The van der Waals surface area contributed by atoms with E-state index in [4.69, 9.17) is 5.73 Å². The first-order chi connectivity index (χ1) is 9.25. The summed E-state index contributed by atoms with van der Waals surface area (Å²) in [6, 6.07) is 8.95. The number of benzene rings is 1. The number of aliphatic hydroxyl groups excluding tert-OH is 1. The second-order valence-corrected chi connectivity index (χ2v) is 6.02. The van der Waals surface area contributed by atoms with Gasteiger partial charge in [0.25, 0.3) is 0 Å². The molecule has 1 heterocycles. The lowest BCUT2D eigenvalue weighted by Crippen LogP contribution is -2.52. The number of fused-ring (bicyclic) bond motifs is 1. The molecular weight excluding hydrogens is 236 g/mol. The van der Waals surface area contributed by atoms with Crippen LogP contribution in [0.2, 0.25) is 0 Å². The van der Waals surface area contributed by atoms with Crippen molar-refractivity contribution in [1.82, 2.24) is 0 Å². The van der Waals surface area contributed by atoms with E-state index in [2.05, 4.69) is 29.2 Å². The van der Waals surface area contributed by atoms with Gasteiger partial charge in [-0.05, 0) is 30.9 Å². The highest BCUT2D eigenvalue weighted by Crippen LogP contribution is 2.32. The molecule has 3 N–H and O–H groups in total. The molecule has 3 nitrogen and oxygen atoms in total. The second kappa shape index (κ2) is 5.51. The summed E-state index contributed by atoms with van der Waals surface area (Å²) in [7, 11) is 0. The summed E-state index contributed by atoms with van der Waals surface area (Å²) < 4.78 is 0. The molecule has 2 aliphatic rings. The topological polar surface area (TPSA) is 49.5 Å². The molecule has 1 aliphatic heterocycles. The van der Waals surface area contributed by atoms with Crippen molar-refractivity contribution < 1.29 is 5.11 Å². The van der Waals surface area contributed by atoms with Crippen molar-refractivity contribution in [3.05, 3.63) is 29.8 Å². The standard InChI is InChI=1S/C16H24N2O/c17-13-10-12-6-4-5-7-14(12)18(11-13)15-8-2-1-3-9-16(15)19/h4-7,13,15-16,19H,1-3,8-11,17H2. The predicted octanol–water partition coefficient (Wildman–Crippen LogP) is 2.07. The number of para-hydroxylation sites is 1. The van der Waals surface area contributed by atoms with Crippen molar-refractivity contribution in [2.75, 3.05) is 11.4 Å². The fraction of sp³-hybridized carbons (Fsp3) is 0.625. The normalized spacial score (nSPS) is 31.7. The zero-order chi connectivity index (χ0) is 13.2. The lowest BCUT2D eigenvalue weighted by atomic mass is 9.94. The van der Waals surface area contributed by atoms with Gasteiger partial charge in [0.15, 0.2) is 0 Å². The van der Waals surface area contributed by atoms with Gasteiger partial charge in [-0.3, -0.25) is 0 Å². The Bertz CT molecular complexity index is 435. The number of aliphatic hydroxyl groups is 1. The summed E-state index contributed by atoms with van der Waals surface area (Å²) in [4.78, 5) is 2.37. The third-order valence-electron chi connectivity index (χ3n) is 4.56. The van der Waals surface area contributed by atoms with E-state index in [1.165, 1.54) is 24.1 Å². The predicted molar refractivity (Wildman–Crippen MR) is 78.3 cm³/mol. The molecule has 0 amide bonds. The largest absolute Gasteiger partial charge is 0.391 e. The molecule has 3 heteroatoms. The summed E-state index contributed by atoms with van der Waals surface area (Å²) in [5.41, 5.74) is 8.83. The zero-order valence-corrected chi connectivity index (χ0v) is 11.5. The van der Waals surface area contributed by atoms with Crippen LogP contribution in [0.5, 0.6) is 0 Å². The van der Waals surface area contributed by atoms with E-state index in [0.717, 1.165) is 32.2 Å². The van der Waals surface area contributed by atoms with Gasteiger partial charge in [0.2, 0.25) is 0 Å². The van der Waals surface area contributed by atoms with E-state index in [1.54, 1.807) is 0 Å². The average Bonchev–Trinajstić information content (AvgIpc) is 2.62. The Kier molecular flexibility index (Phi) is 3.76. The van der Waals surface area contributed by atoms with E-state index < -0.39 is 0 Å². The van der Waals surface area contributed by atoms with E-state index in [-0.39, 0.29) is 18.2 Å². The monoisotopic (exact) mass is 260 g/mol. The lowest BCUT2D eigenvalue weighted by Gasteiger charge is -2.41. The van der Waals surface area contributed by atoms with Gasteiger partial charge in [-0.15, -0.1) is 0 Å². The van der Waals surface area contributed by atoms with Crippen LogP contribution in [-0.2, 0) is 6.42 Å². The number of hydrogen-bond acceptors (Lipinski definition) is 3. The molecule has 3 unspecified atom stereocenters. The summed E-state index contributed by atoms with van der Waals surface area (Å²) in [5, 5.41) is 10.4. The fourth-order valence-electron chi connectivity index (χ4n) is 3.61. The van der Waals surface area contributed by atoms with Crippen LogP contribution in [0.1, 0.15) is 37.7 Å². The molecule has 1 aliphatic carbocycles. The molecule has 104 valence electrons. The Hall–Kier alpha value is -1.06. The van der Waals surface area contributed by atoms with E-state index in [1.807, 2.05) is 0 Å². The van der Waals surface area contributed by atoms with Crippen LogP contribution in [0.15, 0.2) is 24.3 Å². The summed E-state index contributed by atoms with van der Waals surface area (Å²) in [5.74, 6) is 0. The molecule has 1 fully saturated rings. The lowest BCUT2D eigenvalue weighted by molar-refractivity contribution is 0.131. The maximum absolute atomic E-state index is 10.4. The SMILES string of the molecule is NC1Cc2ccccc2N(C2CCCCCC2O)C1. The highest BCUT2D eigenvalue weighted by Gasteiger charge is 2.32. The third kappa shape index (κ3) is 2.63. The van der Waals surface area contributed by atoms with E-state index in [0.29, 0.717) is 0 Å². The van der Waals surface area contributed by atoms with Crippen molar-refractivity contribution >= 4 is 5.69 Å². The Labute approximate surface area is 115 Å². The molecule has 0 saturated heterocycles. The molecule has 19 heavy (non-hydrogen) atoms. The molecule has 1 aromatic rings. The maximum Gasteiger partial charge on any atom is 0.0743 e. The molecule has 3 rings (SSSR count). The first kappa shape index (κ1) is 12.9. The minimum absolute atomic E-state index is 0.186. The van der Waals surface area contributed by atoms with Crippen molar-refractivity contribution in [2.45, 2.75) is 56.7 Å². The number of hydrogen-bond donors (Lipinski definition) is 2. The van der Waals surface area contributed by atoms with E-state index >= 15 is 0 Å². The van der Waals surface area contributed by atoms with Gasteiger partial charge in [-0.1, -0.05) is 37.5 Å². The van der Waals surface area contributed by atoms with Crippen LogP contribution in [0.3, 0.4) is 0 Å². The molecule has 0 aromatic heterocycles. The zero-order valence-electron chi connectivity index (χ0n) is 11.5. The van der Waals surface area contributed by atoms with Gasteiger partial charge in [0.1, 0.15) is 0 Å².